The van der Waals surface area contributed by atoms with E-state index in [1.165, 1.54) is 0 Å². The number of ether oxygens (including phenoxy) is 1. The van der Waals surface area contributed by atoms with Crippen LogP contribution in [0.1, 0.15) is 24.5 Å². The molecule has 0 unspecified atom stereocenters. The second-order valence-corrected chi connectivity index (χ2v) is 6.07. The summed E-state index contributed by atoms with van der Waals surface area (Å²) in [6.07, 6.45) is 0.820. The van der Waals surface area contributed by atoms with Gasteiger partial charge in [-0.2, -0.15) is 0 Å². The van der Waals surface area contributed by atoms with Gasteiger partial charge in [-0.1, -0.05) is 49.4 Å². The van der Waals surface area contributed by atoms with Crippen molar-refractivity contribution in [3.63, 3.8) is 0 Å². The van der Waals surface area contributed by atoms with Gasteiger partial charge in [-0.05, 0) is 29.7 Å². The molecule has 26 heavy (non-hydrogen) atoms. The Kier molecular flexibility index (Phi) is 7.21. The first kappa shape index (κ1) is 19.5. The van der Waals surface area contributed by atoms with E-state index in [1.54, 1.807) is 19.1 Å². The number of hydrogen-bond acceptors (Lipinski definition) is 3. The summed E-state index contributed by atoms with van der Waals surface area (Å²) in [5, 5.41) is 2.67. The molecule has 0 heterocycles. The maximum absolute atomic E-state index is 13.0. The quantitative estimate of drug-likeness (QED) is 0.793. The number of rotatable bonds is 8. The molecular formula is C21H26N2O3. The Hall–Kier alpha value is -2.82. The second-order valence-electron chi connectivity index (χ2n) is 6.07. The largest absolute Gasteiger partial charge is 0.497 e. The van der Waals surface area contributed by atoms with Gasteiger partial charge in [-0.15, -0.1) is 0 Å². The van der Waals surface area contributed by atoms with Crippen molar-refractivity contribution in [3.8, 4) is 5.75 Å². The zero-order chi connectivity index (χ0) is 18.9. The molecular weight excluding hydrogens is 328 g/mol. The van der Waals surface area contributed by atoms with Gasteiger partial charge >= 0.3 is 0 Å². The molecule has 0 saturated heterocycles. The van der Waals surface area contributed by atoms with Crippen LogP contribution in [0.2, 0.25) is 0 Å². The number of carbonyl (C=O) groups excluding carboxylic acids is 2. The van der Waals surface area contributed by atoms with Crippen LogP contribution < -0.4 is 10.1 Å². The molecule has 1 N–H and O–H groups in total. The molecule has 2 aromatic rings. The van der Waals surface area contributed by atoms with Gasteiger partial charge in [-0.25, -0.2) is 0 Å². The van der Waals surface area contributed by atoms with E-state index in [-0.39, 0.29) is 18.2 Å². The van der Waals surface area contributed by atoms with E-state index in [0.717, 1.165) is 16.9 Å². The number of nitrogens with zero attached hydrogens (tertiary/aromatic N) is 1. The van der Waals surface area contributed by atoms with Crippen molar-refractivity contribution in [2.75, 3.05) is 14.2 Å². The number of likely N-dealkylation sites (N-methyl/N-ethyl adjacent to an activating group) is 1. The fourth-order valence-electron chi connectivity index (χ4n) is 2.89. The smallest absolute Gasteiger partial charge is 0.242 e. The van der Waals surface area contributed by atoms with Gasteiger partial charge in [0.2, 0.25) is 11.8 Å². The van der Waals surface area contributed by atoms with E-state index in [4.69, 9.17) is 4.74 Å². The molecule has 0 aliphatic carbocycles. The van der Waals surface area contributed by atoms with E-state index in [0.29, 0.717) is 13.0 Å². The third-order valence-electron chi connectivity index (χ3n) is 4.34. The molecule has 5 heteroatoms. The lowest BCUT2D eigenvalue weighted by atomic mass is 10.1. The molecule has 0 spiro atoms. The number of methoxy groups -OCH3 is 1. The fraction of sp³-hybridized carbons (Fsp3) is 0.333. The Morgan fingerprint density at radius 3 is 2.23 bits per heavy atom. The molecule has 0 aliphatic heterocycles. The summed E-state index contributed by atoms with van der Waals surface area (Å²) in [5.41, 5.74) is 1.89. The lowest BCUT2D eigenvalue weighted by Crippen LogP contribution is -2.48. The summed E-state index contributed by atoms with van der Waals surface area (Å²) in [6, 6.07) is 16.6. The molecule has 1 atom stereocenters. The summed E-state index contributed by atoms with van der Waals surface area (Å²) in [6.45, 7) is 2.29. The third-order valence-corrected chi connectivity index (χ3v) is 4.34. The lowest BCUT2D eigenvalue weighted by Gasteiger charge is -2.30. The van der Waals surface area contributed by atoms with Gasteiger partial charge in [-0.3, -0.25) is 9.59 Å². The normalized spacial score (nSPS) is 11.5. The van der Waals surface area contributed by atoms with Gasteiger partial charge in [0.1, 0.15) is 11.8 Å². The van der Waals surface area contributed by atoms with Gasteiger partial charge < -0.3 is 15.0 Å². The van der Waals surface area contributed by atoms with Crippen molar-refractivity contribution in [1.82, 2.24) is 10.2 Å². The van der Waals surface area contributed by atoms with Gasteiger partial charge in [0.15, 0.2) is 0 Å². The van der Waals surface area contributed by atoms with Gasteiger partial charge in [0.25, 0.3) is 0 Å². The Bertz CT molecular complexity index is 714. The fourth-order valence-corrected chi connectivity index (χ4v) is 2.89. The third kappa shape index (κ3) is 5.09. The predicted molar refractivity (Wildman–Crippen MR) is 102 cm³/mol. The molecule has 0 aromatic heterocycles. The minimum atomic E-state index is -0.502. The maximum Gasteiger partial charge on any atom is 0.242 e. The number of nitrogens with one attached hydrogen (secondary N) is 1. The van der Waals surface area contributed by atoms with Crippen molar-refractivity contribution in [2.24, 2.45) is 0 Å². The SMILES string of the molecule is CC[C@H](C(=O)NC)N(Cc1ccc(OC)cc1)C(=O)Cc1ccccc1. The van der Waals surface area contributed by atoms with Crippen LogP contribution in [0.25, 0.3) is 0 Å². The highest BCUT2D eigenvalue weighted by Gasteiger charge is 2.27. The van der Waals surface area contributed by atoms with Crippen LogP contribution in [0.4, 0.5) is 0 Å². The number of amides is 2. The molecule has 0 radical (unpaired) electrons. The van der Waals surface area contributed by atoms with Crippen LogP contribution in [-0.4, -0.2) is 36.9 Å². The first-order valence-corrected chi connectivity index (χ1v) is 8.77. The van der Waals surface area contributed by atoms with E-state index >= 15 is 0 Å². The van der Waals surface area contributed by atoms with Crippen molar-refractivity contribution in [1.29, 1.82) is 0 Å². The van der Waals surface area contributed by atoms with Crippen LogP contribution in [0.15, 0.2) is 54.6 Å². The van der Waals surface area contributed by atoms with Crippen LogP contribution in [0.3, 0.4) is 0 Å². The summed E-state index contributed by atoms with van der Waals surface area (Å²) in [7, 11) is 3.21. The van der Waals surface area contributed by atoms with Crippen molar-refractivity contribution < 1.29 is 14.3 Å². The molecule has 0 aliphatic rings. The highest BCUT2D eigenvalue weighted by molar-refractivity contribution is 5.88. The summed E-state index contributed by atoms with van der Waals surface area (Å²) in [5.74, 6) is 0.541. The Labute approximate surface area is 155 Å². The number of carbonyl (C=O) groups is 2. The number of benzene rings is 2. The van der Waals surface area contributed by atoms with Gasteiger partial charge in [0, 0.05) is 13.6 Å². The van der Waals surface area contributed by atoms with Crippen LogP contribution in [0, 0.1) is 0 Å². The Balaban J connectivity index is 2.24. The molecule has 0 bridgehead atoms. The molecule has 0 saturated carbocycles. The molecule has 5 nitrogen and oxygen atoms in total. The van der Waals surface area contributed by atoms with E-state index < -0.39 is 6.04 Å². The average Bonchev–Trinajstić information content (AvgIpc) is 2.68. The molecule has 2 amide bonds. The molecule has 2 rings (SSSR count). The van der Waals surface area contributed by atoms with E-state index in [2.05, 4.69) is 5.32 Å². The lowest BCUT2D eigenvalue weighted by molar-refractivity contribution is -0.140. The minimum Gasteiger partial charge on any atom is -0.497 e. The first-order valence-electron chi connectivity index (χ1n) is 8.77. The standard InChI is InChI=1S/C21H26N2O3/c1-4-19(21(25)22-2)23(15-17-10-12-18(26-3)13-11-17)20(24)14-16-8-6-5-7-9-16/h5-13,19H,4,14-15H2,1-3H3,(H,22,25)/t19-/m1/s1. The first-order chi connectivity index (χ1) is 12.6. The predicted octanol–water partition coefficient (Wildman–Crippen LogP) is 2.79. The second kappa shape index (κ2) is 9.61. The highest BCUT2D eigenvalue weighted by atomic mass is 16.5. The van der Waals surface area contributed by atoms with Crippen molar-refractivity contribution in [2.45, 2.75) is 32.4 Å². The average molecular weight is 354 g/mol. The molecule has 0 fully saturated rings. The van der Waals surface area contributed by atoms with Crippen LogP contribution in [-0.2, 0) is 22.6 Å². The zero-order valence-electron chi connectivity index (χ0n) is 15.6. The van der Waals surface area contributed by atoms with Crippen LogP contribution in [0.5, 0.6) is 5.75 Å². The maximum atomic E-state index is 13.0. The zero-order valence-corrected chi connectivity index (χ0v) is 15.6. The van der Waals surface area contributed by atoms with E-state index in [9.17, 15) is 9.59 Å². The molecule has 138 valence electrons. The summed E-state index contributed by atoms with van der Waals surface area (Å²) < 4.78 is 5.18. The minimum absolute atomic E-state index is 0.0672. The van der Waals surface area contributed by atoms with Crippen LogP contribution >= 0.6 is 0 Å². The monoisotopic (exact) mass is 354 g/mol. The topological polar surface area (TPSA) is 58.6 Å². The summed E-state index contributed by atoms with van der Waals surface area (Å²) in [4.78, 5) is 26.9. The Morgan fingerprint density at radius 2 is 1.69 bits per heavy atom. The van der Waals surface area contributed by atoms with Gasteiger partial charge in [0.05, 0.1) is 13.5 Å². The Morgan fingerprint density at radius 1 is 1.04 bits per heavy atom. The molecule has 2 aromatic carbocycles. The summed E-state index contributed by atoms with van der Waals surface area (Å²) >= 11 is 0. The number of hydrogen-bond donors (Lipinski definition) is 1. The van der Waals surface area contributed by atoms with E-state index in [1.807, 2.05) is 61.5 Å². The van der Waals surface area contributed by atoms with Crippen molar-refractivity contribution >= 4 is 11.8 Å². The highest BCUT2D eigenvalue weighted by Crippen LogP contribution is 2.17. The van der Waals surface area contributed by atoms with Crippen molar-refractivity contribution in [3.05, 3.63) is 65.7 Å².